The van der Waals surface area contributed by atoms with Crippen LogP contribution in [0.2, 0.25) is 0 Å². The predicted octanol–water partition coefficient (Wildman–Crippen LogP) is 1.81. The highest BCUT2D eigenvalue weighted by Crippen LogP contribution is 2.45. The van der Waals surface area contributed by atoms with Crippen LogP contribution >= 0.6 is 0 Å². The van der Waals surface area contributed by atoms with E-state index in [1.807, 2.05) is 0 Å². The van der Waals surface area contributed by atoms with Crippen molar-refractivity contribution in [1.29, 1.82) is 5.26 Å². The van der Waals surface area contributed by atoms with Gasteiger partial charge in [-0.2, -0.15) is 5.26 Å². The first-order valence-corrected chi connectivity index (χ1v) is 9.17. The summed E-state index contributed by atoms with van der Waals surface area (Å²) in [6, 6.07) is 2.01. The second kappa shape index (κ2) is 6.78. The van der Waals surface area contributed by atoms with Crippen LogP contribution in [0.15, 0.2) is 0 Å². The van der Waals surface area contributed by atoms with Crippen molar-refractivity contribution in [2.24, 2.45) is 11.8 Å². The van der Waals surface area contributed by atoms with Gasteiger partial charge in [0.2, 0.25) is 5.91 Å². The Labute approximate surface area is 139 Å². The van der Waals surface area contributed by atoms with E-state index < -0.39 is 0 Å². The molecule has 0 spiro atoms. The fraction of sp³-hybridized carbons (Fsp3) is 0.889. The van der Waals surface area contributed by atoms with Gasteiger partial charge in [0.15, 0.2) is 0 Å². The number of carbonyl (C=O) groups is 1. The Kier molecular flexibility index (Phi) is 4.93. The molecule has 1 amide bonds. The maximum Gasteiger partial charge on any atom is 0.237 e. The molecule has 0 aromatic heterocycles. The number of nitrogens with one attached hydrogen (secondary N) is 1. The first-order valence-electron chi connectivity index (χ1n) is 9.17. The molecule has 5 nitrogen and oxygen atoms in total. The number of hydrogen-bond donors (Lipinski definition) is 2. The fourth-order valence-electron chi connectivity index (χ4n) is 5.17. The fourth-order valence-corrected chi connectivity index (χ4v) is 5.17. The quantitative estimate of drug-likeness (QED) is 0.828. The lowest BCUT2D eigenvalue weighted by molar-refractivity contribution is -0.131. The highest BCUT2D eigenvalue weighted by atomic mass is 16.3. The summed E-state index contributed by atoms with van der Waals surface area (Å²) in [4.78, 5) is 14.2. The zero-order valence-electron chi connectivity index (χ0n) is 14.1. The van der Waals surface area contributed by atoms with Crippen molar-refractivity contribution in [3.05, 3.63) is 0 Å². The number of aliphatic hydroxyl groups excluding tert-OH is 1. The third-order valence-corrected chi connectivity index (χ3v) is 6.25. The van der Waals surface area contributed by atoms with E-state index in [4.69, 9.17) is 5.26 Å². The standard InChI is InChI=1S/C18H29N3O2/c1-2-18(9-13-6-14(10-18)8-16(22)7-13)20-12-17(23)21-5-3-4-15(21)11-19/h13-16,20,22H,2-10,12H2,1H3/t13?,14?,15-,16?,18?/m0/s1. The molecule has 2 aliphatic carbocycles. The smallest absolute Gasteiger partial charge is 0.237 e. The molecule has 2 unspecified atom stereocenters. The van der Waals surface area contributed by atoms with Gasteiger partial charge in [0.25, 0.3) is 0 Å². The van der Waals surface area contributed by atoms with Gasteiger partial charge in [0, 0.05) is 12.1 Å². The number of likely N-dealkylation sites (tertiary alicyclic amines) is 1. The van der Waals surface area contributed by atoms with Crippen LogP contribution in [0.5, 0.6) is 0 Å². The molecule has 3 atom stereocenters. The van der Waals surface area contributed by atoms with Crippen molar-refractivity contribution >= 4 is 5.91 Å². The summed E-state index contributed by atoms with van der Waals surface area (Å²) in [5, 5.41) is 22.7. The number of nitriles is 1. The molecule has 128 valence electrons. The second-order valence-electron chi connectivity index (χ2n) is 7.86. The third kappa shape index (κ3) is 3.54. The van der Waals surface area contributed by atoms with Crippen LogP contribution in [0.3, 0.4) is 0 Å². The van der Waals surface area contributed by atoms with Crippen molar-refractivity contribution in [2.45, 2.75) is 76.0 Å². The van der Waals surface area contributed by atoms with Gasteiger partial charge >= 0.3 is 0 Å². The number of rotatable bonds is 4. The van der Waals surface area contributed by atoms with Crippen molar-refractivity contribution in [2.75, 3.05) is 13.1 Å². The lowest BCUT2D eigenvalue weighted by Crippen LogP contribution is -2.55. The van der Waals surface area contributed by atoms with Crippen LogP contribution in [0.4, 0.5) is 0 Å². The average Bonchev–Trinajstić information content (AvgIpc) is 3.00. The molecule has 3 rings (SSSR count). The maximum absolute atomic E-state index is 12.5. The number of hydrogen-bond acceptors (Lipinski definition) is 4. The predicted molar refractivity (Wildman–Crippen MR) is 87.4 cm³/mol. The minimum atomic E-state index is -0.234. The number of nitrogens with zero attached hydrogens (tertiary/aromatic N) is 2. The zero-order chi connectivity index (χ0) is 16.4. The number of fused-ring (bicyclic) bond motifs is 2. The SMILES string of the molecule is CCC1(NCC(=O)N2CCC[C@H]2C#N)CC2CC(O)CC(C2)C1. The Morgan fingerprint density at radius 3 is 2.65 bits per heavy atom. The van der Waals surface area contributed by atoms with Crippen LogP contribution in [0, 0.1) is 23.2 Å². The molecule has 2 saturated carbocycles. The van der Waals surface area contributed by atoms with Crippen LogP contribution in [-0.4, -0.2) is 46.7 Å². The lowest BCUT2D eigenvalue weighted by atomic mass is 9.63. The first kappa shape index (κ1) is 16.7. The van der Waals surface area contributed by atoms with Crippen LogP contribution in [0.25, 0.3) is 0 Å². The van der Waals surface area contributed by atoms with Gasteiger partial charge in [0.1, 0.15) is 6.04 Å². The Morgan fingerprint density at radius 2 is 2.04 bits per heavy atom. The molecule has 23 heavy (non-hydrogen) atoms. The van der Waals surface area contributed by atoms with Gasteiger partial charge in [0.05, 0.1) is 18.7 Å². The molecular weight excluding hydrogens is 290 g/mol. The minimum absolute atomic E-state index is 0.0330. The van der Waals surface area contributed by atoms with Crippen molar-refractivity contribution < 1.29 is 9.90 Å². The number of amides is 1. The highest BCUT2D eigenvalue weighted by Gasteiger charge is 2.43. The Balaban J connectivity index is 1.59. The van der Waals surface area contributed by atoms with Gasteiger partial charge in [-0.15, -0.1) is 0 Å². The zero-order valence-corrected chi connectivity index (χ0v) is 14.1. The summed E-state index contributed by atoms with van der Waals surface area (Å²) in [6.07, 6.45) is 7.82. The maximum atomic E-state index is 12.5. The molecule has 0 aromatic rings. The van der Waals surface area contributed by atoms with E-state index in [-0.39, 0.29) is 23.6 Å². The van der Waals surface area contributed by atoms with Gasteiger partial charge < -0.3 is 15.3 Å². The molecule has 3 aliphatic rings. The average molecular weight is 319 g/mol. The Hall–Kier alpha value is -1.12. The van der Waals surface area contributed by atoms with E-state index >= 15 is 0 Å². The number of aliphatic hydroxyl groups is 1. The van der Waals surface area contributed by atoms with Gasteiger partial charge in [-0.25, -0.2) is 0 Å². The summed E-state index contributed by atoms with van der Waals surface area (Å²) < 4.78 is 0. The van der Waals surface area contributed by atoms with E-state index in [9.17, 15) is 9.90 Å². The van der Waals surface area contributed by atoms with Crippen molar-refractivity contribution in [3.63, 3.8) is 0 Å². The molecule has 2 N–H and O–H groups in total. The molecule has 3 fully saturated rings. The Bertz CT molecular complexity index is 469. The summed E-state index contributed by atoms with van der Waals surface area (Å²) >= 11 is 0. The van der Waals surface area contributed by atoms with E-state index in [1.165, 1.54) is 6.42 Å². The third-order valence-electron chi connectivity index (χ3n) is 6.25. The molecule has 1 heterocycles. The normalized spacial score (nSPS) is 40.0. The summed E-state index contributed by atoms with van der Waals surface area (Å²) in [5.74, 6) is 1.23. The molecular formula is C18H29N3O2. The number of carbonyl (C=O) groups excluding carboxylic acids is 1. The van der Waals surface area contributed by atoms with E-state index in [2.05, 4.69) is 18.3 Å². The van der Waals surface area contributed by atoms with Gasteiger partial charge in [-0.05, 0) is 63.2 Å². The van der Waals surface area contributed by atoms with E-state index in [0.717, 1.165) is 51.5 Å². The summed E-state index contributed by atoms with van der Waals surface area (Å²) in [5.41, 5.74) is 0.0330. The molecule has 5 heteroatoms. The van der Waals surface area contributed by atoms with E-state index in [0.29, 0.717) is 18.4 Å². The van der Waals surface area contributed by atoms with Gasteiger partial charge in [-0.3, -0.25) is 4.79 Å². The molecule has 1 aliphatic heterocycles. The highest BCUT2D eigenvalue weighted by molar-refractivity contribution is 5.79. The molecule has 2 bridgehead atoms. The van der Waals surface area contributed by atoms with Crippen molar-refractivity contribution in [1.82, 2.24) is 10.2 Å². The summed E-state index contributed by atoms with van der Waals surface area (Å²) in [7, 11) is 0. The van der Waals surface area contributed by atoms with Crippen LogP contribution in [0.1, 0.15) is 58.3 Å². The second-order valence-corrected chi connectivity index (χ2v) is 7.86. The minimum Gasteiger partial charge on any atom is -0.393 e. The first-order chi connectivity index (χ1) is 11.0. The molecule has 0 aromatic carbocycles. The van der Waals surface area contributed by atoms with Gasteiger partial charge in [-0.1, -0.05) is 6.92 Å². The van der Waals surface area contributed by atoms with Crippen LogP contribution in [-0.2, 0) is 4.79 Å². The lowest BCUT2D eigenvalue weighted by Gasteiger charge is -2.48. The van der Waals surface area contributed by atoms with E-state index in [1.54, 1.807) is 4.90 Å². The summed E-state index contributed by atoms with van der Waals surface area (Å²) in [6.45, 7) is 3.26. The molecule has 1 saturated heterocycles. The Morgan fingerprint density at radius 1 is 1.35 bits per heavy atom. The topological polar surface area (TPSA) is 76.4 Å². The van der Waals surface area contributed by atoms with Crippen LogP contribution < -0.4 is 5.32 Å². The largest absolute Gasteiger partial charge is 0.393 e. The van der Waals surface area contributed by atoms with Crippen molar-refractivity contribution in [3.8, 4) is 6.07 Å². The molecule has 0 radical (unpaired) electrons. The monoisotopic (exact) mass is 319 g/mol.